The van der Waals surface area contributed by atoms with Gasteiger partial charge in [0.2, 0.25) is 11.8 Å². The van der Waals surface area contributed by atoms with Gasteiger partial charge < -0.3 is 15.0 Å². The van der Waals surface area contributed by atoms with E-state index in [-0.39, 0.29) is 17.3 Å². The van der Waals surface area contributed by atoms with Gasteiger partial charge in [-0.25, -0.2) is 12.8 Å². The SMILES string of the molecule is CCCNC(=O)[C@H](C)N(Cc1ccc(F)cc1)C(=O)CN(c1ccc(C)cc1)S(=O)(=O)c1ccc(OCC)cc1. The van der Waals surface area contributed by atoms with Gasteiger partial charge in [-0.15, -0.1) is 0 Å². The second kappa shape index (κ2) is 13.9. The molecule has 0 aromatic heterocycles. The molecule has 0 unspecified atom stereocenters. The molecule has 0 spiro atoms. The van der Waals surface area contributed by atoms with Crippen molar-refractivity contribution in [3.63, 3.8) is 0 Å². The van der Waals surface area contributed by atoms with Crippen molar-refractivity contribution in [2.45, 2.75) is 51.6 Å². The van der Waals surface area contributed by atoms with E-state index in [0.717, 1.165) is 9.87 Å². The summed E-state index contributed by atoms with van der Waals surface area (Å²) in [7, 11) is -4.19. The molecular weight excluding hydrogens is 533 g/mol. The second-order valence-electron chi connectivity index (χ2n) is 9.37. The van der Waals surface area contributed by atoms with Crippen LogP contribution in [0.4, 0.5) is 10.1 Å². The van der Waals surface area contributed by atoms with Crippen LogP contribution in [0.2, 0.25) is 0 Å². The minimum absolute atomic E-state index is 0.00926. The number of halogens is 1. The standard InChI is InChI=1S/C30H36FN3O5S/c1-5-19-32-30(36)23(4)33(20-24-9-11-25(31)12-10-24)29(35)21-34(26-13-7-22(3)8-14-26)40(37,38)28-17-15-27(16-18-28)39-6-2/h7-18,23H,5-6,19-21H2,1-4H3,(H,32,36)/t23-/m0/s1. The van der Waals surface area contributed by atoms with Crippen molar-refractivity contribution in [1.82, 2.24) is 10.2 Å². The molecule has 1 atom stereocenters. The zero-order valence-corrected chi connectivity index (χ0v) is 24.1. The minimum atomic E-state index is -4.19. The molecule has 3 aromatic rings. The smallest absolute Gasteiger partial charge is 0.264 e. The zero-order chi connectivity index (χ0) is 29.3. The Morgan fingerprint density at radius 2 is 1.57 bits per heavy atom. The molecule has 8 nitrogen and oxygen atoms in total. The molecule has 1 N–H and O–H groups in total. The third kappa shape index (κ3) is 7.81. The first-order chi connectivity index (χ1) is 19.1. The molecule has 0 saturated heterocycles. The van der Waals surface area contributed by atoms with Crippen LogP contribution in [0.25, 0.3) is 0 Å². The first-order valence-electron chi connectivity index (χ1n) is 13.2. The predicted molar refractivity (Wildman–Crippen MR) is 153 cm³/mol. The Morgan fingerprint density at radius 1 is 0.950 bits per heavy atom. The van der Waals surface area contributed by atoms with Crippen molar-refractivity contribution in [1.29, 1.82) is 0 Å². The number of ether oxygens (including phenoxy) is 1. The number of carbonyl (C=O) groups excluding carboxylic acids is 2. The summed E-state index contributed by atoms with van der Waals surface area (Å²) in [6.45, 7) is 7.52. The van der Waals surface area contributed by atoms with E-state index in [2.05, 4.69) is 5.32 Å². The third-order valence-corrected chi connectivity index (χ3v) is 8.09. The van der Waals surface area contributed by atoms with Crippen LogP contribution in [0, 0.1) is 12.7 Å². The number of hydrogen-bond acceptors (Lipinski definition) is 5. The molecule has 0 saturated carbocycles. The fraction of sp³-hybridized carbons (Fsp3) is 0.333. The van der Waals surface area contributed by atoms with Gasteiger partial charge in [-0.05, 0) is 81.3 Å². The maximum Gasteiger partial charge on any atom is 0.264 e. The summed E-state index contributed by atoms with van der Waals surface area (Å²) >= 11 is 0. The Hall–Kier alpha value is -3.92. The normalized spacial score (nSPS) is 11.9. The van der Waals surface area contributed by atoms with Crippen molar-refractivity contribution in [2.24, 2.45) is 0 Å². The Balaban J connectivity index is 2.00. The number of nitrogens with one attached hydrogen (secondary N) is 1. The lowest BCUT2D eigenvalue weighted by atomic mass is 10.1. The molecule has 0 aliphatic rings. The van der Waals surface area contributed by atoms with Gasteiger partial charge in [-0.1, -0.05) is 36.8 Å². The van der Waals surface area contributed by atoms with E-state index in [1.807, 2.05) is 20.8 Å². The first kappa shape index (κ1) is 30.6. The highest BCUT2D eigenvalue weighted by atomic mass is 32.2. The van der Waals surface area contributed by atoms with E-state index < -0.39 is 34.3 Å². The van der Waals surface area contributed by atoms with Gasteiger partial charge in [-0.2, -0.15) is 0 Å². The van der Waals surface area contributed by atoms with Gasteiger partial charge in [0.15, 0.2) is 0 Å². The van der Waals surface area contributed by atoms with E-state index in [1.54, 1.807) is 43.3 Å². The van der Waals surface area contributed by atoms with Crippen molar-refractivity contribution >= 4 is 27.5 Å². The lowest BCUT2D eigenvalue weighted by molar-refractivity contribution is -0.139. The molecular formula is C30H36FN3O5S. The quantitative estimate of drug-likeness (QED) is 0.323. The highest BCUT2D eigenvalue weighted by Gasteiger charge is 2.32. The van der Waals surface area contributed by atoms with Crippen LogP contribution in [0.1, 0.15) is 38.3 Å². The van der Waals surface area contributed by atoms with E-state index in [1.165, 1.54) is 41.3 Å². The van der Waals surface area contributed by atoms with Gasteiger partial charge in [-0.3, -0.25) is 13.9 Å². The van der Waals surface area contributed by atoms with Crippen LogP contribution in [-0.2, 0) is 26.2 Å². The van der Waals surface area contributed by atoms with Gasteiger partial charge >= 0.3 is 0 Å². The number of benzene rings is 3. The molecule has 0 bridgehead atoms. The Bertz CT molecular complexity index is 1380. The van der Waals surface area contributed by atoms with Crippen LogP contribution < -0.4 is 14.4 Å². The fourth-order valence-electron chi connectivity index (χ4n) is 4.01. The number of hydrogen-bond donors (Lipinski definition) is 1. The third-order valence-electron chi connectivity index (χ3n) is 6.31. The molecule has 0 aliphatic carbocycles. The topological polar surface area (TPSA) is 96.0 Å². The van der Waals surface area contributed by atoms with Gasteiger partial charge in [0, 0.05) is 13.1 Å². The van der Waals surface area contributed by atoms with Crippen molar-refractivity contribution in [2.75, 3.05) is 24.0 Å². The summed E-state index contributed by atoms with van der Waals surface area (Å²) in [5.41, 5.74) is 1.83. The van der Waals surface area contributed by atoms with Crippen molar-refractivity contribution in [3.05, 3.63) is 89.7 Å². The number of carbonyl (C=O) groups is 2. The lowest BCUT2D eigenvalue weighted by Gasteiger charge is -2.32. The lowest BCUT2D eigenvalue weighted by Crippen LogP contribution is -2.51. The highest BCUT2D eigenvalue weighted by Crippen LogP contribution is 2.26. The molecule has 0 aliphatic heterocycles. The van der Waals surface area contributed by atoms with Crippen molar-refractivity contribution in [3.8, 4) is 5.75 Å². The molecule has 0 heterocycles. The van der Waals surface area contributed by atoms with Crippen LogP contribution in [0.15, 0.2) is 77.7 Å². The molecule has 3 aromatic carbocycles. The van der Waals surface area contributed by atoms with Crippen LogP contribution in [0.5, 0.6) is 5.75 Å². The van der Waals surface area contributed by atoms with E-state index in [4.69, 9.17) is 4.74 Å². The Labute approximate surface area is 235 Å². The Kier molecular flexibility index (Phi) is 10.7. The minimum Gasteiger partial charge on any atom is -0.494 e. The fourth-order valence-corrected chi connectivity index (χ4v) is 5.42. The monoisotopic (exact) mass is 569 g/mol. The van der Waals surface area contributed by atoms with Crippen LogP contribution >= 0.6 is 0 Å². The van der Waals surface area contributed by atoms with E-state index >= 15 is 0 Å². The second-order valence-corrected chi connectivity index (χ2v) is 11.2. The largest absolute Gasteiger partial charge is 0.494 e. The molecule has 40 heavy (non-hydrogen) atoms. The zero-order valence-electron chi connectivity index (χ0n) is 23.3. The number of rotatable bonds is 13. The summed E-state index contributed by atoms with van der Waals surface area (Å²) in [4.78, 5) is 28.0. The van der Waals surface area contributed by atoms with E-state index in [9.17, 15) is 22.4 Å². The highest BCUT2D eigenvalue weighted by molar-refractivity contribution is 7.92. The number of sulfonamides is 1. The average Bonchev–Trinajstić information content (AvgIpc) is 2.94. The molecule has 214 valence electrons. The average molecular weight is 570 g/mol. The van der Waals surface area contributed by atoms with Gasteiger partial charge in [0.05, 0.1) is 17.2 Å². The maximum absolute atomic E-state index is 13.9. The summed E-state index contributed by atoms with van der Waals surface area (Å²) in [6.07, 6.45) is 0.714. The number of amides is 2. The van der Waals surface area contributed by atoms with Crippen LogP contribution in [-0.4, -0.2) is 50.9 Å². The van der Waals surface area contributed by atoms with Gasteiger partial charge in [0.25, 0.3) is 10.0 Å². The summed E-state index contributed by atoms with van der Waals surface area (Å²) < 4.78 is 47.8. The molecule has 0 radical (unpaired) electrons. The number of nitrogens with zero attached hydrogens (tertiary/aromatic N) is 2. The molecule has 0 fully saturated rings. The maximum atomic E-state index is 13.9. The van der Waals surface area contributed by atoms with Crippen molar-refractivity contribution < 1.29 is 27.1 Å². The van der Waals surface area contributed by atoms with Crippen LogP contribution in [0.3, 0.4) is 0 Å². The van der Waals surface area contributed by atoms with Gasteiger partial charge in [0.1, 0.15) is 24.2 Å². The summed E-state index contributed by atoms with van der Waals surface area (Å²) in [5.74, 6) is -0.855. The molecule has 2 amide bonds. The number of anilines is 1. The first-order valence-corrected chi connectivity index (χ1v) is 14.6. The summed E-state index contributed by atoms with van der Waals surface area (Å²) in [6, 6.07) is 17.5. The molecule has 3 rings (SSSR count). The molecule has 10 heteroatoms. The predicted octanol–water partition coefficient (Wildman–Crippen LogP) is 4.67. The van der Waals surface area contributed by atoms with E-state index in [0.29, 0.717) is 36.6 Å². The Morgan fingerprint density at radius 3 is 2.15 bits per heavy atom. The number of aryl methyl sites for hydroxylation is 1. The summed E-state index contributed by atoms with van der Waals surface area (Å²) in [5, 5.41) is 2.79.